The molecule has 0 aliphatic heterocycles. The van der Waals surface area contributed by atoms with Crippen molar-refractivity contribution in [2.75, 3.05) is 17.7 Å². The van der Waals surface area contributed by atoms with Gasteiger partial charge in [-0.25, -0.2) is 9.97 Å². The number of carbonyl (C=O) groups excluding carboxylic acids is 1. The Morgan fingerprint density at radius 3 is 2.73 bits per heavy atom. The molecule has 0 unspecified atom stereocenters. The molecular weight excluding hydrogens is 447 g/mol. The van der Waals surface area contributed by atoms with Crippen molar-refractivity contribution in [3.8, 4) is 27.7 Å². The largest absolute Gasteiger partial charge is 0.494 e. The van der Waals surface area contributed by atoms with Crippen molar-refractivity contribution < 1.29 is 13.9 Å². The second-order valence-corrected chi connectivity index (χ2v) is 8.44. The maximum Gasteiger partial charge on any atom is 0.228 e. The standard InChI is InChI=1S/C21H19FN8O2S/c1-30-28-19(27-29-30)12-4-3-5-14(18(12)32-2)25-15-8-17(26-20(31)11-6-7-11)23-9-13(15)21-24-10-16(22)33-21/h3-5,8-11H,6-7H2,1-2H3,(H2,23,25,26,31). The number of ether oxygens (including phenoxy) is 1. The first-order chi connectivity index (χ1) is 16.0. The van der Waals surface area contributed by atoms with E-state index in [0.29, 0.717) is 44.9 Å². The Hall–Kier alpha value is -3.93. The lowest BCUT2D eigenvalue weighted by molar-refractivity contribution is -0.117. The normalized spacial score (nSPS) is 13.1. The average molecular weight is 467 g/mol. The van der Waals surface area contributed by atoms with Gasteiger partial charge in [0.15, 0.2) is 10.9 Å². The highest BCUT2D eigenvalue weighted by atomic mass is 32.1. The predicted octanol–water partition coefficient (Wildman–Crippen LogP) is 3.64. The van der Waals surface area contributed by atoms with Crippen LogP contribution in [0.15, 0.2) is 36.7 Å². The van der Waals surface area contributed by atoms with E-state index in [4.69, 9.17) is 4.74 Å². The summed E-state index contributed by atoms with van der Waals surface area (Å²) in [5, 5.41) is 18.4. The fourth-order valence-electron chi connectivity index (χ4n) is 3.32. The molecule has 1 aliphatic carbocycles. The molecule has 1 fully saturated rings. The molecule has 2 N–H and O–H groups in total. The number of nitrogens with zero attached hydrogens (tertiary/aromatic N) is 6. The number of aromatic nitrogens is 6. The number of aryl methyl sites for hydroxylation is 1. The zero-order chi connectivity index (χ0) is 22.9. The lowest BCUT2D eigenvalue weighted by Gasteiger charge is -2.16. The summed E-state index contributed by atoms with van der Waals surface area (Å²) in [6.45, 7) is 0. The van der Waals surface area contributed by atoms with Crippen molar-refractivity contribution in [2.24, 2.45) is 13.0 Å². The van der Waals surface area contributed by atoms with Gasteiger partial charge in [-0.2, -0.15) is 9.19 Å². The SMILES string of the molecule is COc1c(Nc2cc(NC(=O)C3CC3)ncc2-c2ncc(F)s2)cccc1-c1nnn(C)n1. The number of nitrogens with one attached hydrogen (secondary N) is 2. The molecule has 33 heavy (non-hydrogen) atoms. The van der Waals surface area contributed by atoms with Gasteiger partial charge < -0.3 is 15.4 Å². The number of amides is 1. The third-order valence-corrected chi connectivity index (χ3v) is 5.87. The van der Waals surface area contributed by atoms with Gasteiger partial charge in [0.05, 0.1) is 42.9 Å². The van der Waals surface area contributed by atoms with Gasteiger partial charge in [-0.3, -0.25) is 4.79 Å². The number of tetrazole rings is 1. The van der Waals surface area contributed by atoms with Crippen molar-refractivity contribution >= 4 is 34.4 Å². The van der Waals surface area contributed by atoms with Crippen LogP contribution in [0.2, 0.25) is 0 Å². The molecule has 168 valence electrons. The molecule has 0 bridgehead atoms. The Morgan fingerprint density at radius 2 is 2.06 bits per heavy atom. The fourth-order valence-corrected chi connectivity index (χ4v) is 3.99. The first kappa shape index (κ1) is 20.9. The zero-order valence-electron chi connectivity index (χ0n) is 17.7. The topological polar surface area (TPSA) is 120 Å². The van der Waals surface area contributed by atoms with E-state index in [1.165, 1.54) is 4.80 Å². The Morgan fingerprint density at radius 1 is 1.21 bits per heavy atom. The van der Waals surface area contributed by atoms with Crippen LogP contribution >= 0.6 is 11.3 Å². The van der Waals surface area contributed by atoms with Crippen molar-refractivity contribution in [3.05, 3.63) is 41.8 Å². The Bertz CT molecular complexity index is 1330. The third-order valence-electron chi connectivity index (χ3n) is 5.05. The van der Waals surface area contributed by atoms with Crippen LogP contribution in [0.25, 0.3) is 22.0 Å². The summed E-state index contributed by atoms with van der Waals surface area (Å²) in [5.74, 6) is 1.28. The van der Waals surface area contributed by atoms with E-state index < -0.39 is 5.13 Å². The number of carbonyl (C=O) groups is 1. The number of hydrogen-bond donors (Lipinski definition) is 2. The van der Waals surface area contributed by atoms with Gasteiger partial charge in [0.25, 0.3) is 0 Å². The van der Waals surface area contributed by atoms with E-state index in [9.17, 15) is 9.18 Å². The molecule has 1 amide bonds. The van der Waals surface area contributed by atoms with Crippen LogP contribution in [0.4, 0.5) is 21.6 Å². The van der Waals surface area contributed by atoms with E-state index in [0.717, 1.165) is 30.4 Å². The summed E-state index contributed by atoms with van der Waals surface area (Å²) in [7, 11) is 3.23. The predicted molar refractivity (Wildman–Crippen MR) is 121 cm³/mol. The van der Waals surface area contributed by atoms with E-state index in [-0.39, 0.29) is 11.8 Å². The molecule has 4 aromatic rings. The first-order valence-electron chi connectivity index (χ1n) is 10.1. The van der Waals surface area contributed by atoms with E-state index in [1.54, 1.807) is 26.4 Å². The molecule has 0 saturated heterocycles. The lowest BCUT2D eigenvalue weighted by Crippen LogP contribution is -2.14. The molecule has 0 atom stereocenters. The number of halogens is 1. The monoisotopic (exact) mass is 466 g/mol. The van der Waals surface area contributed by atoms with Crippen LogP contribution in [-0.2, 0) is 11.8 Å². The fraction of sp³-hybridized carbons (Fsp3) is 0.238. The minimum absolute atomic E-state index is 0.0344. The summed E-state index contributed by atoms with van der Waals surface area (Å²) in [6.07, 6.45) is 4.48. The second kappa shape index (κ2) is 8.54. The van der Waals surface area contributed by atoms with Crippen molar-refractivity contribution in [1.29, 1.82) is 0 Å². The first-order valence-corrected chi connectivity index (χ1v) is 10.9. The highest BCUT2D eigenvalue weighted by Gasteiger charge is 2.30. The van der Waals surface area contributed by atoms with Gasteiger partial charge in [-0.15, -0.1) is 10.2 Å². The van der Waals surface area contributed by atoms with E-state index >= 15 is 0 Å². The number of pyridine rings is 1. The summed E-state index contributed by atoms with van der Waals surface area (Å²) in [4.78, 5) is 22.1. The Balaban J connectivity index is 1.55. The van der Waals surface area contributed by atoms with Gasteiger partial charge in [-0.1, -0.05) is 17.4 Å². The van der Waals surface area contributed by atoms with Crippen LogP contribution < -0.4 is 15.4 Å². The van der Waals surface area contributed by atoms with E-state index in [2.05, 4.69) is 36.0 Å². The van der Waals surface area contributed by atoms with Crippen LogP contribution in [0.3, 0.4) is 0 Å². The van der Waals surface area contributed by atoms with E-state index in [1.807, 2.05) is 18.2 Å². The molecule has 1 aromatic carbocycles. The maximum atomic E-state index is 13.7. The van der Waals surface area contributed by atoms with Gasteiger partial charge in [0.1, 0.15) is 10.8 Å². The maximum absolute atomic E-state index is 13.7. The Kier molecular flexibility index (Phi) is 5.42. The summed E-state index contributed by atoms with van der Waals surface area (Å²) < 4.78 is 19.4. The van der Waals surface area contributed by atoms with Gasteiger partial charge in [-0.05, 0) is 30.2 Å². The molecule has 3 aromatic heterocycles. The van der Waals surface area contributed by atoms with Crippen molar-refractivity contribution in [3.63, 3.8) is 0 Å². The van der Waals surface area contributed by atoms with Crippen molar-refractivity contribution in [2.45, 2.75) is 12.8 Å². The number of methoxy groups -OCH3 is 1. The molecular formula is C21H19FN8O2S. The summed E-state index contributed by atoms with van der Waals surface area (Å²) in [6, 6.07) is 7.18. The highest BCUT2D eigenvalue weighted by Crippen LogP contribution is 2.40. The minimum atomic E-state index is -0.407. The summed E-state index contributed by atoms with van der Waals surface area (Å²) in [5.41, 5.74) is 2.42. The molecule has 0 spiro atoms. The molecule has 1 saturated carbocycles. The molecule has 3 heterocycles. The average Bonchev–Trinajstić information content (AvgIpc) is 3.44. The number of hydrogen-bond acceptors (Lipinski definition) is 9. The highest BCUT2D eigenvalue weighted by molar-refractivity contribution is 7.13. The van der Waals surface area contributed by atoms with Gasteiger partial charge >= 0.3 is 0 Å². The number of rotatable bonds is 7. The number of benzene rings is 1. The number of para-hydroxylation sites is 1. The summed E-state index contributed by atoms with van der Waals surface area (Å²) >= 11 is 0.906. The van der Waals surface area contributed by atoms with Crippen molar-refractivity contribution in [1.82, 2.24) is 30.2 Å². The Labute approximate surface area is 191 Å². The smallest absolute Gasteiger partial charge is 0.228 e. The van der Waals surface area contributed by atoms with Crippen LogP contribution in [0.5, 0.6) is 5.75 Å². The van der Waals surface area contributed by atoms with Gasteiger partial charge in [0.2, 0.25) is 11.7 Å². The minimum Gasteiger partial charge on any atom is -0.494 e. The molecule has 12 heteroatoms. The molecule has 5 rings (SSSR count). The van der Waals surface area contributed by atoms with Crippen LogP contribution in [0.1, 0.15) is 12.8 Å². The number of anilines is 3. The molecule has 10 nitrogen and oxygen atoms in total. The third kappa shape index (κ3) is 4.37. The second-order valence-electron chi connectivity index (χ2n) is 7.46. The van der Waals surface area contributed by atoms with Crippen LogP contribution in [-0.4, -0.2) is 43.2 Å². The number of thiazole rings is 1. The van der Waals surface area contributed by atoms with Crippen LogP contribution in [0, 0.1) is 11.0 Å². The quantitative estimate of drug-likeness (QED) is 0.424. The lowest BCUT2D eigenvalue weighted by atomic mass is 10.1. The molecule has 1 aliphatic rings. The van der Waals surface area contributed by atoms with Gasteiger partial charge in [0, 0.05) is 18.2 Å². The molecule has 0 radical (unpaired) electrons. The zero-order valence-corrected chi connectivity index (χ0v) is 18.6.